The Labute approximate surface area is 246 Å². The van der Waals surface area contributed by atoms with Gasteiger partial charge in [-0.05, 0) is 36.4 Å². The number of nitrogens with two attached hydrogens (primary N) is 1. The van der Waals surface area contributed by atoms with Crippen molar-refractivity contribution in [2.45, 2.75) is 6.54 Å². The zero-order valence-electron chi connectivity index (χ0n) is 22.8. The molecule has 1 aromatic carbocycles. The molecule has 1 aliphatic heterocycles. The van der Waals surface area contributed by atoms with E-state index >= 15 is 0 Å². The van der Waals surface area contributed by atoms with E-state index in [2.05, 4.69) is 20.3 Å². The monoisotopic (exact) mass is 612 g/mol. The lowest BCUT2D eigenvalue weighted by molar-refractivity contribution is 0.0955. The molecule has 0 aliphatic carbocycles. The molecular formula is C27H29FN8O4S2. The molecular weight excluding hydrogens is 583 g/mol. The average molecular weight is 613 g/mol. The molecule has 1 saturated heterocycles. The van der Waals surface area contributed by atoms with Gasteiger partial charge in [0.1, 0.15) is 16.2 Å². The second kappa shape index (κ2) is 11.7. The number of thiazole rings is 1. The van der Waals surface area contributed by atoms with E-state index in [0.29, 0.717) is 78.0 Å². The molecule has 0 spiro atoms. The third-order valence-electron chi connectivity index (χ3n) is 7.26. The van der Waals surface area contributed by atoms with Crippen molar-refractivity contribution in [1.82, 2.24) is 29.4 Å². The van der Waals surface area contributed by atoms with Crippen molar-refractivity contribution in [3.8, 4) is 11.5 Å². The molecule has 6 rings (SSSR count). The minimum absolute atomic E-state index is 0.126. The lowest BCUT2D eigenvalue weighted by Crippen LogP contribution is -2.47. The van der Waals surface area contributed by atoms with Crippen molar-refractivity contribution in [2.24, 2.45) is 0 Å². The van der Waals surface area contributed by atoms with E-state index in [9.17, 15) is 18.2 Å². The number of nitrogens with one attached hydrogen (secondary N) is 1. The van der Waals surface area contributed by atoms with Gasteiger partial charge in [-0.1, -0.05) is 11.3 Å². The SMILES string of the molecule is CS(=O)CCNC(=O)c1ccc(N2CCN(CCn3c(=O)sc4c3nc(N)n3nc(-c5ccco5)cc43)CC2)c(F)c1. The number of furan rings is 1. The van der Waals surface area contributed by atoms with Gasteiger partial charge < -0.3 is 20.4 Å². The lowest BCUT2D eigenvalue weighted by Gasteiger charge is -2.36. The highest BCUT2D eigenvalue weighted by Crippen LogP contribution is 2.28. The summed E-state index contributed by atoms with van der Waals surface area (Å²) in [7, 11) is -1.01. The quantitative estimate of drug-likeness (QED) is 0.256. The molecule has 0 saturated carbocycles. The van der Waals surface area contributed by atoms with Crippen molar-refractivity contribution < 1.29 is 17.8 Å². The van der Waals surface area contributed by atoms with Crippen molar-refractivity contribution in [2.75, 3.05) is 61.9 Å². The first-order valence-electron chi connectivity index (χ1n) is 13.4. The molecule has 1 amide bonds. The van der Waals surface area contributed by atoms with Gasteiger partial charge in [0.05, 0.1) is 17.5 Å². The topological polar surface area (TPSA) is 144 Å². The van der Waals surface area contributed by atoms with Gasteiger partial charge in [0, 0.05) is 74.2 Å². The Morgan fingerprint density at radius 1 is 1.19 bits per heavy atom. The molecule has 42 heavy (non-hydrogen) atoms. The van der Waals surface area contributed by atoms with Crippen molar-refractivity contribution in [1.29, 1.82) is 0 Å². The summed E-state index contributed by atoms with van der Waals surface area (Å²) >= 11 is 1.11. The molecule has 15 heteroatoms. The number of aromatic nitrogens is 4. The van der Waals surface area contributed by atoms with Gasteiger partial charge in [0.15, 0.2) is 11.4 Å². The summed E-state index contributed by atoms with van der Waals surface area (Å²) < 4.78 is 35.5. The van der Waals surface area contributed by atoms with Gasteiger partial charge in [-0.25, -0.2) is 4.39 Å². The maximum Gasteiger partial charge on any atom is 0.309 e. The summed E-state index contributed by atoms with van der Waals surface area (Å²) in [6, 6.07) is 9.89. The van der Waals surface area contributed by atoms with Gasteiger partial charge in [0.2, 0.25) is 5.95 Å². The second-order valence-electron chi connectivity index (χ2n) is 9.97. The van der Waals surface area contributed by atoms with Gasteiger partial charge in [-0.2, -0.15) is 14.6 Å². The Balaban J connectivity index is 1.10. The number of rotatable bonds is 9. The molecule has 1 fully saturated rings. The Bertz CT molecular complexity index is 1840. The van der Waals surface area contributed by atoms with Crippen LogP contribution in [-0.4, -0.2) is 85.5 Å². The van der Waals surface area contributed by atoms with Crippen LogP contribution >= 0.6 is 11.3 Å². The Hall–Kier alpha value is -4.08. The van der Waals surface area contributed by atoms with Crippen LogP contribution in [0.1, 0.15) is 10.4 Å². The number of piperazine rings is 1. The van der Waals surface area contributed by atoms with E-state index in [4.69, 9.17) is 10.2 Å². The fourth-order valence-electron chi connectivity index (χ4n) is 5.06. The summed E-state index contributed by atoms with van der Waals surface area (Å²) in [5.41, 5.74) is 8.71. The van der Waals surface area contributed by atoms with Crippen LogP contribution in [0.3, 0.4) is 0 Å². The first-order valence-corrected chi connectivity index (χ1v) is 15.9. The predicted molar refractivity (Wildman–Crippen MR) is 161 cm³/mol. The van der Waals surface area contributed by atoms with Crippen LogP contribution < -0.4 is 20.8 Å². The van der Waals surface area contributed by atoms with Gasteiger partial charge in [0.25, 0.3) is 5.91 Å². The summed E-state index contributed by atoms with van der Waals surface area (Å²) in [5, 5.41) is 7.15. The normalized spacial score (nSPS) is 15.0. The molecule has 3 N–H and O–H groups in total. The number of carbonyl (C=O) groups is 1. The molecule has 5 heterocycles. The van der Waals surface area contributed by atoms with Crippen molar-refractivity contribution >= 4 is 55.5 Å². The van der Waals surface area contributed by atoms with Crippen LogP contribution in [0.2, 0.25) is 0 Å². The van der Waals surface area contributed by atoms with Gasteiger partial charge in [-0.3, -0.25) is 23.3 Å². The van der Waals surface area contributed by atoms with Crippen LogP contribution in [0.15, 0.2) is 51.9 Å². The zero-order chi connectivity index (χ0) is 29.4. The smallest absolute Gasteiger partial charge is 0.309 e. The summed E-state index contributed by atoms with van der Waals surface area (Å²) in [6.07, 6.45) is 3.13. The van der Waals surface area contributed by atoms with Crippen molar-refractivity contribution in [3.63, 3.8) is 0 Å². The van der Waals surface area contributed by atoms with E-state index < -0.39 is 22.5 Å². The number of nitrogens with zero attached hydrogens (tertiary/aromatic N) is 6. The lowest BCUT2D eigenvalue weighted by atomic mass is 10.1. The van der Waals surface area contributed by atoms with Crippen LogP contribution in [0.5, 0.6) is 0 Å². The maximum atomic E-state index is 14.9. The number of hydrogen-bond donors (Lipinski definition) is 2. The third-order valence-corrected chi connectivity index (χ3v) is 9.03. The number of halogens is 1. The second-order valence-corrected chi connectivity index (χ2v) is 12.5. The Morgan fingerprint density at radius 3 is 2.71 bits per heavy atom. The van der Waals surface area contributed by atoms with Gasteiger partial charge >= 0.3 is 4.87 Å². The summed E-state index contributed by atoms with van der Waals surface area (Å²) in [4.78, 5) is 33.8. The van der Waals surface area contributed by atoms with E-state index in [-0.39, 0.29) is 22.9 Å². The number of hydrogen-bond acceptors (Lipinski definition) is 10. The number of amides is 1. The summed E-state index contributed by atoms with van der Waals surface area (Å²) in [6.45, 7) is 3.88. The molecule has 0 bridgehead atoms. The molecule has 4 aromatic heterocycles. The van der Waals surface area contributed by atoms with E-state index in [1.165, 1.54) is 10.6 Å². The molecule has 1 atom stereocenters. The average Bonchev–Trinajstić information content (AvgIpc) is 3.71. The number of carbonyl (C=O) groups excluding carboxylic acids is 1. The van der Waals surface area contributed by atoms with E-state index in [1.54, 1.807) is 41.4 Å². The van der Waals surface area contributed by atoms with Crippen LogP contribution in [0.4, 0.5) is 16.0 Å². The van der Waals surface area contributed by atoms with E-state index in [1.807, 2.05) is 11.0 Å². The highest BCUT2D eigenvalue weighted by atomic mass is 32.2. The largest absolute Gasteiger partial charge is 0.463 e. The van der Waals surface area contributed by atoms with Crippen LogP contribution in [0, 0.1) is 5.82 Å². The molecule has 220 valence electrons. The number of benzene rings is 1. The standard InChI is InChI=1S/C27H29FN8O4S2/c1-42(39)14-6-30-25(37)17-4-5-20(18(28)15-17)34-10-7-33(8-11-34)9-12-35-24-23(41-27(35)38)21-16-19(22-3-2-13-40-22)32-36(21)26(29)31-24/h2-5,13,15-16H,6-12,14H2,1H3,(H2,29,31)(H,30,37). The Morgan fingerprint density at radius 2 is 2.00 bits per heavy atom. The molecule has 1 unspecified atom stereocenters. The fourth-order valence-corrected chi connectivity index (χ4v) is 6.41. The third kappa shape index (κ3) is 5.54. The molecule has 0 radical (unpaired) electrons. The number of nitrogen functional groups attached to an aromatic ring is 1. The number of fused-ring (bicyclic) bond motifs is 3. The van der Waals surface area contributed by atoms with Gasteiger partial charge in [-0.15, -0.1) is 0 Å². The predicted octanol–water partition coefficient (Wildman–Crippen LogP) is 2.02. The highest BCUT2D eigenvalue weighted by Gasteiger charge is 2.22. The number of anilines is 2. The highest BCUT2D eigenvalue weighted by molar-refractivity contribution is 7.84. The maximum absolute atomic E-state index is 14.9. The van der Waals surface area contributed by atoms with Crippen LogP contribution in [0.25, 0.3) is 27.3 Å². The first-order chi connectivity index (χ1) is 20.3. The minimum atomic E-state index is -1.01. The molecule has 1 aliphatic rings. The molecule has 5 aromatic rings. The van der Waals surface area contributed by atoms with Crippen LogP contribution in [-0.2, 0) is 17.3 Å². The van der Waals surface area contributed by atoms with Crippen molar-refractivity contribution in [3.05, 3.63) is 63.7 Å². The zero-order valence-corrected chi connectivity index (χ0v) is 24.4. The van der Waals surface area contributed by atoms with E-state index in [0.717, 1.165) is 11.3 Å². The Kier molecular flexibility index (Phi) is 7.79. The fraction of sp³-hybridized carbons (Fsp3) is 0.333. The molecule has 12 nitrogen and oxygen atoms in total. The first kappa shape index (κ1) is 28.1. The summed E-state index contributed by atoms with van der Waals surface area (Å²) in [5.74, 6) is 0.269. The minimum Gasteiger partial charge on any atom is -0.463 e.